The fourth-order valence-electron chi connectivity index (χ4n) is 3.15. The summed E-state index contributed by atoms with van der Waals surface area (Å²) in [6, 6.07) is 2.79. The van der Waals surface area contributed by atoms with Crippen LogP contribution in [0.25, 0.3) is 0 Å². The first kappa shape index (κ1) is 17.0. The molecule has 0 amide bonds. The van der Waals surface area contributed by atoms with Crippen molar-refractivity contribution in [3.05, 3.63) is 28.8 Å². The first-order valence-corrected chi connectivity index (χ1v) is 9.12. The second-order valence-electron chi connectivity index (χ2n) is 5.96. The van der Waals surface area contributed by atoms with E-state index in [0.29, 0.717) is 19.0 Å². The first-order valence-electron chi connectivity index (χ1n) is 7.30. The van der Waals surface area contributed by atoms with Gasteiger partial charge in [-0.3, -0.25) is 0 Å². The largest absolute Gasteiger partial charge is 0.416 e. The molecule has 4 nitrogen and oxygen atoms in total. The van der Waals surface area contributed by atoms with Crippen molar-refractivity contribution in [3.8, 4) is 0 Å². The molecule has 2 unspecified atom stereocenters. The van der Waals surface area contributed by atoms with Crippen LogP contribution < -0.4 is 5.32 Å². The number of hydrogen-bond donors (Lipinski definition) is 1. The Kier molecular flexibility index (Phi) is 4.37. The van der Waals surface area contributed by atoms with Gasteiger partial charge >= 0.3 is 6.18 Å². The average molecular weight is 369 g/mol. The van der Waals surface area contributed by atoms with E-state index in [1.165, 1.54) is 4.31 Å². The lowest BCUT2D eigenvalue weighted by Crippen LogP contribution is -2.39. The molecule has 0 aromatic heterocycles. The van der Waals surface area contributed by atoms with Gasteiger partial charge in [0.25, 0.3) is 0 Å². The lowest BCUT2D eigenvalue weighted by molar-refractivity contribution is -0.137. The van der Waals surface area contributed by atoms with Gasteiger partial charge in [-0.05, 0) is 37.5 Å². The predicted molar refractivity (Wildman–Crippen MR) is 79.8 cm³/mol. The summed E-state index contributed by atoms with van der Waals surface area (Å²) in [4.78, 5) is -0.407. The summed E-state index contributed by atoms with van der Waals surface area (Å²) in [6.45, 7) is 0.567. The summed E-state index contributed by atoms with van der Waals surface area (Å²) < 4.78 is 65.4. The second-order valence-corrected chi connectivity index (χ2v) is 8.34. The Morgan fingerprint density at radius 1 is 1.13 bits per heavy atom. The zero-order chi connectivity index (χ0) is 16.8. The van der Waals surface area contributed by atoms with Crippen LogP contribution in [0.1, 0.15) is 24.8 Å². The lowest BCUT2D eigenvalue weighted by Gasteiger charge is -2.24. The molecular formula is C14H16ClF3N2O2S. The van der Waals surface area contributed by atoms with Crippen molar-refractivity contribution in [2.24, 2.45) is 0 Å². The van der Waals surface area contributed by atoms with Gasteiger partial charge in [-0.1, -0.05) is 11.6 Å². The Labute approximate surface area is 137 Å². The molecule has 0 saturated carbocycles. The van der Waals surface area contributed by atoms with Crippen LogP contribution in [0.3, 0.4) is 0 Å². The minimum absolute atomic E-state index is 0.0542. The summed E-state index contributed by atoms with van der Waals surface area (Å²) in [6.07, 6.45) is -2.11. The maximum absolute atomic E-state index is 12.9. The molecule has 2 aliphatic heterocycles. The molecule has 23 heavy (non-hydrogen) atoms. The molecule has 128 valence electrons. The third-order valence-electron chi connectivity index (χ3n) is 4.32. The van der Waals surface area contributed by atoms with Crippen LogP contribution in [0, 0.1) is 0 Å². The van der Waals surface area contributed by atoms with Crippen LogP contribution in [0.15, 0.2) is 23.1 Å². The van der Waals surface area contributed by atoms with E-state index in [2.05, 4.69) is 5.32 Å². The number of benzene rings is 1. The van der Waals surface area contributed by atoms with Gasteiger partial charge in [0, 0.05) is 30.2 Å². The van der Waals surface area contributed by atoms with Gasteiger partial charge in [0.05, 0.1) is 10.5 Å². The topological polar surface area (TPSA) is 49.4 Å². The molecule has 2 fully saturated rings. The molecular weight excluding hydrogens is 353 g/mol. The summed E-state index contributed by atoms with van der Waals surface area (Å²) in [5.41, 5.74) is -1.06. The normalized spacial score (nSPS) is 26.3. The van der Waals surface area contributed by atoms with E-state index in [4.69, 9.17) is 11.6 Å². The summed E-state index contributed by atoms with van der Waals surface area (Å²) in [5.74, 6) is 0. The molecule has 9 heteroatoms. The van der Waals surface area contributed by atoms with Crippen molar-refractivity contribution >= 4 is 21.6 Å². The van der Waals surface area contributed by atoms with Gasteiger partial charge in [0.15, 0.2) is 0 Å². The summed E-state index contributed by atoms with van der Waals surface area (Å²) in [5, 5.41) is 3.10. The van der Waals surface area contributed by atoms with Gasteiger partial charge in [-0.25, -0.2) is 8.42 Å². The number of rotatable bonds is 2. The Morgan fingerprint density at radius 2 is 1.83 bits per heavy atom. The highest BCUT2D eigenvalue weighted by Gasteiger charge is 2.37. The Hall–Kier alpha value is -0.830. The molecule has 2 saturated heterocycles. The van der Waals surface area contributed by atoms with Gasteiger partial charge in [0.2, 0.25) is 10.0 Å². The molecule has 2 bridgehead atoms. The summed E-state index contributed by atoms with van der Waals surface area (Å²) in [7, 11) is -4.00. The highest BCUT2D eigenvalue weighted by Crippen LogP contribution is 2.34. The van der Waals surface area contributed by atoms with Crippen LogP contribution in [0.5, 0.6) is 0 Å². The maximum atomic E-state index is 12.9. The van der Waals surface area contributed by atoms with Crippen molar-refractivity contribution in [2.45, 2.75) is 42.4 Å². The third kappa shape index (κ3) is 3.50. The van der Waals surface area contributed by atoms with Crippen molar-refractivity contribution < 1.29 is 21.6 Å². The Morgan fingerprint density at radius 3 is 2.52 bits per heavy atom. The van der Waals surface area contributed by atoms with Crippen LogP contribution in [-0.2, 0) is 16.2 Å². The van der Waals surface area contributed by atoms with Crippen molar-refractivity contribution in [2.75, 3.05) is 13.1 Å². The highest BCUT2D eigenvalue weighted by atomic mass is 35.5. The van der Waals surface area contributed by atoms with E-state index >= 15 is 0 Å². The quantitative estimate of drug-likeness (QED) is 0.873. The van der Waals surface area contributed by atoms with E-state index in [0.717, 1.165) is 25.0 Å². The minimum Gasteiger partial charge on any atom is -0.310 e. The number of alkyl halides is 3. The lowest BCUT2D eigenvalue weighted by atomic mass is 10.1. The number of sulfonamides is 1. The van der Waals surface area contributed by atoms with Crippen LogP contribution >= 0.6 is 11.6 Å². The molecule has 2 aliphatic rings. The molecule has 0 aliphatic carbocycles. The van der Waals surface area contributed by atoms with Gasteiger partial charge < -0.3 is 5.32 Å². The summed E-state index contributed by atoms with van der Waals surface area (Å²) >= 11 is 5.70. The molecule has 1 N–H and O–H groups in total. The Bertz CT molecular complexity index is 708. The van der Waals surface area contributed by atoms with E-state index in [1.807, 2.05) is 0 Å². The third-order valence-corrected chi connectivity index (χ3v) is 6.38. The molecule has 0 radical (unpaired) electrons. The highest BCUT2D eigenvalue weighted by molar-refractivity contribution is 7.89. The van der Waals surface area contributed by atoms with Crippen molar-refractivity contribution in [1.82, 2.24) is 9.62 Å². The van der Waals surface area contributed by atoms with E-state index in [1.54, 1.807) is 0 Å². The molecule has 2 heterocycles. The fraction of sp³-hybridized carbons (Fsp3) is 0.571. The predicted octanol–water partition coefficient (Wildman–Crippen LogP) is 2.87. The van der Waals surface area contributed by atoms with Crippen LogP contribution in [-0.4, -0.2) is 37.9 Å². The smallest absolute Gasteiger partial charge is 0.310 e. The van der Waals surface area contributed by atoms with E-state index in [9.17, 15) is 21.6 Å². The van der Waals surface area contributed by atoms with E-state index < -0.39 is 26.7 Å². The molecule has 3 rings (SSSR count). The number of hydrogen-bond acceptors (Lipinski definition) is 3. The van der Waals surface area contributed by atoms with Gasteiger partial charge in [-0.2, -0.15) is 17.5 Å². The zero-order valence-electron chi connectivity index (χ0n) is 12.1. The zero-order valence-corrected chi connectivity index (χ0v) is 13.7. The number of halogens is 4. The fourth-order valence-corrected chi connectivity index (χ4v) is 5.03. The monoisotopic (exact) mass is 368 g/mol. The SMILES string of the molecule is O=S(=O)(c1cc(Cl)cc(C(F)(F)F)c1)N1CCC2CCC(C1)N2. The molecule has 1 aromatic carbocycles. The van der Waals surface area contributed by atoms with Gasteiger partial charge in [-0.15, -0.1) is 0 Å². The Balaban J connectivity index is 1.95. The van der Waals surface area contributed by atoms with E-state index in [-0.39, 0.29) is 23.7 Å². The molecule has 2 atom stereocenters. The average Bonchev–Trinajstić information content (AvgIpc) is 2.76. The minimum atomic E-state index is -4.64. The van der Waals surface area contributed by atoms with Crippen LogP contribution in [0.4, 0.5) is 13.2 Å². The van der Waals surface area contributed by atoms with Crippen molar-refractivity contribution in [1.29, 1.82) is 0 Å². The standard InChI is InChI=1S/C14H16ClF3N2O2S/c15-10-5-9(14(16,17)18)6-13(7-10)23(21,22)20-4-3-11-1-2-12(8-20)19-11/h5-7,11-12,19H,1-4,8H2. The maximum Gasteiger partial charge on any atom is 0.416 e. The first-order chi connectivity index (χ1) is 10.7. The van der Waals surface area contributed by atoms with Gasteiger partial charge in [0.1, 0.15) is 0 Å². The number of nitrogens with one attached hydrogen (secondary N) is 1. The number of nitrogens with zero attached hydrogens (tertiary/aromatic N) is 1. The van der Waals surface area contributed by atoms with Crippen molar-refractivity contribution in [3.63, 3.8) is 0 Å². The van der Waals surface area contributed by atoms with Crippen LogP contribution in [0.2, 0.25) is 5.02 Å². The molecule has 0 spiro atoms. The number of fused-ring (bicyclic) bond motifs is 2. The molecule has 1 aromatic rings. The second kappa shape index (κ2) is 5.91.